The summed E-state index contributed by atoms with van der Waals surface area (Å²) in [6.07, 6.45) is 1.62. The number of aromatic nitrogens is 2. The van der Waals surface area contributed by atoms with Crippen LogP contribution in [0.25, 0.3) is 5.65 Å². The number of rotatable bonds is 4. The number of imidazole rings is 1. The van der Waals surface area contributed by atoms with Crippen molar-refractivity contribution in [1.29, 1.82) is 0 Å². The fraction of sp³-hybridized carbons (Fsp3) is 0.0833. The normalized spacial score (nSPS) is 12.0. The van der Waals surface area contributed by atoms with E-state index in [1.54, 1.807) is 24.4 Å². The zero-order chi connectivity index (χ0) is 15.0. The Morgan fingerprint density at radius 3 is 2.95 bits per heavy atom. The van der Waals surface area contributed by atoms with Crippen LogP contribution < -0.4 is 10.5 Å². The van der Waals surface area contributed by atoms with E-state index in [0.29, 0.717) is 5.65 Å². The van der Waals surface area contributed by atoms with Crippen LogP contribution in [0.4, 0.5) is 5.82 Å². The number of nitrogens with zero attached hydrogens (tertiary/aromatic N) is 2. The van der Waals surface area contributed by atoms with Crippen LogP contribution in [0.1, 0.15) is 4.88 Å². The summed E-state index contributed by atoms with van der Waals surface area (Å²) in [5.41, 5.74) is 6.25. The highest BCUT2D eigenvalue weighted by molar-refractivity contribution is 9.10. The molecule has 0 radical (unpaired) electrons. The van der Waals surface area contributed by atoms with E-state index >= 15 is 0 Å². The molecule has 0 aliphatic rings. The number of nitrogens with one attached hydrogen (secondary N) is 1. The molecule has 3 aromatic rings. The average Bonchev–Trinajstić information content (AvgIpc) is 2.99. The van der Waals surface area contributed by atoms with Crippen LogP contribution in [0.5, 0.6) is 0 Å². The van der Waals surface area contributed by atoms with Gasteiger partial charge in [0.25, 0.3) is 10.0 Å². The third kappa shape index (κ3) is 2.82. The number of sulfonamides is 1. The standard InChI is InChI=1S/C12H11BrN4O2S2/c13-8-5-9(20-7-8)6-15-21(18,19)12-11(14)16-10-3-1-2-4-17(10)12/h1-5,7,15H,6,14H2. The Balaban J connectivity index is 1.95. The molecule has 21 heavy (non-hydrogen) atoms. The number of halogens is 1. The number of nitrogen functional groups attached to an aromatic ring is 1. The monoisotopic (exact) mass is 386 g/mol. The van der Waals surface area contributed by atoms with E-state index < -0.39 is 10.0 Å². The van der Waals surface area contributed by atoms with Gasteiger partial charge in [0.05, 0.1) is 0 Å². The molecule has 0 bridgehead atoms. The van der Waals surface area contributed by atoms with Gasteiger partial charge in [-0.2, -0.15) is 0 Å². The zero-order valence-corrected chi connectivity index (χ0v) is 13.9. The number of fused-ring (bicyclic) bond motifs is 1. The van der Waals surface area contributed by atoms with E-state index in [2.05, 4.69) is 25.6 Å². The minimum atomic E-state index is -3.75. The minimum absolute atomic E-state index is 0.0129. The minimum Gasteiger partial charge on any atom is -0.381 e. The van der Waals surface area contributed by atoms with Crippen LogP contribution in [-0.4, -0.2) is 17.8 Å². The first-order valence-electron chi connectivity index (χ1n) is 5.92. The molecule has 110 valence electrons. The Hall–Kier alpha value is -1.42. The summed E-state index contributed by atoms with van der Waals surface area (Å²) in [5, 5.41) is 1.86. The Labute approximate surface area is 133 Å². The molecular formula is C12H11BrN4O2S2. The molecule has 0 fully saturated rings. The molecule has 6 nitrogen and oxygen atoms in total. The van der Waals surface area contributed by atoms with Crippen LogP contribution in [0, 0.1) is 0 Å². The second kappa shape index (κ2) is 5.41. The third-order valence-corrected chi connectivity index (χ3v) is 5.96. The molecule has 3 N–H and O–H groups in total. The predicted octanol–water partition coefficient (Wildman–Crippen LogP) is 2.22. The van der Waals surface area contributed by atoms with Crippen molar-refractivity contribution in [3.8, 4) is 0 Å². The van der Waals surface area contributed by atoms with Crippen molar-refractivity contribution in [3.05, 3.63) is 45.2 Å². The molecule has 0 atom stereocenters. The van der Waals surface area contributed by atoms with Crippen LogP contribution in [0.2, 0.25) is 0 Å². The lowest BCUT2D eigenvalue weighted by molar-refractivity contribution is 0.577. The molecule has 3 heterocycles. The van der Waals surface area contributed by atoms with Crippen molar-refractivity contribution in [2.24, 2.45) is 0 Å². The summed E-state index contributed by atoms with van der Waals surface area (Å²) in [6, 6.07) is 7.06. The van der Waals surface area contributed by atoms with Gasteiger partial charge in [-0.15, -0.1) is 11.3 Å². The maximum absolute atomic E-state index is 12.4. The van der Waals surface area contributed by atoms with Crippen molar-refractivity contribution >= 4 is 48.8 Å². The number of pyridine rings is 1. The molecule has 0 saturated heterocycles. The van der Waals surface area contributed by atoms with E-state index in [4.69, 9.17) is 5.73 Å². The van der Waals surface area contributed by atoms with Crippen LogP contribution >= 0.6 is 27.3 Å². The van der Waals surface area contributed by atoms with E-state index in [9.17, 15) is 8.42 Å². The van der Waals surface area contributed by atoms with Gasteiger partial charge in [-0.25, -0.2) is 18.1 Å². The maximum atomic E-state index is 12.4. The molecule has 0 aliphatic carbocycles. The first-order chi connectivity index (χ1) is 9.97. The van der Waals surface area contributed by atoms with Gasteiger partial charge in [-0.05, 0) is 34.1 Å². The van der Waals surface area contributed by atoms with Gasteiger partial charge in [0.2, 0.25) is 0 Å². The summed E-state index contributed by atoms with van der Waals surface area (Å²) in [7, 11) is -3.75. The fourth-order valence-electron chi connectivity index (χ4n) is 1.94. The first-order valence-corrected chi connectivity index (χ1v) is 9.08. The Morgan fingerprint density at radius 2 is 2.24 bits per heavy atom. The topological polar surface area (TPSA) is 89.5 Å². The van der Waals surface area contributed by atoms with Gasteiger partial charge in [0.15, 0.2) is 10.8 Å². The molecule has 0 amide bonds. The number of nitrogens with two attached hydrogens (primary N) is 1. The predicted molar refractivity (Wildman–Crippen MR) is 85.6 cm³/mol. The largest absolute Gasteiger partial charge is 0.381 e. The molecule has 0 aliphatic heterocycles. The Kier molecular flexibility index (Phi) is 3.74. The van der Waals surface area contributed by atoms with Gasteiger partial charge < -0.3 is 5.73 Å². The Bertz CT molecular complexity index is 901. The van der Waals surface area contributed by atoms with Crippen molar-refractivity contribution in [1.82, 2.24) is 14.1 Å². The first kappa shape index (κ1) is 14.5. The lowest BCUT2D eigenvalue weighted by atomic mass is 10.5. The van der Waals surface area contributed by atoms with Gasteiger partial charge in [-0.1, -0.05) is 6.07 Å². The van der Waals surface area contributed by atoms with Crippen molar-refractivity contribution in [2.75, 3.05) is 5.73 Å². The number of thiophene rings is 1. The maximum Gasteiger partial charge on any atom is 0.260 e. The molecular weight excluding hydrogens is 376 g/mol. The van der Waals surface area contributed by atoms with Gasteiger partial charge in [0, 0.05) is 27.5 Å². The van der Waals surface area contributed by atoms with E-state index in [1.165, 1.54) is 15.7 Å². The third-order valence-electron chi connectivity index (χ3n) is 2.82. The summed E-state index contributed by atoms with van der Waals surface area (Å²) in [5.74, 6) is -0.0129. The van der Waals surface area contributed by atoms with Crippen molar-refractivity contribution < 1.29 is 8.42 Å². The van der Waals surface area contributed by atoms with E-state index in [-0.39, 0.29) is 17.4 Å². The summed E-state index contributed by atoms with van der Waals surface area (Å²) in [6.45, 7) is 0.206. The van der Waals surface area contributed by atoms with Crippen LogP contribution in [0.15, 0.2) is 45.3 Å². The quantitative estimate of drug-likeness (QED) is 0.719. The zero-order valence-electron chi connectivity index (χ0n) is 10.7. The van der Waals surface area contributed by atoms with Gasteiger partial charge in [0.1, 0.15) is 5.65 Å². The molecule has 3 aromatic heterocycles. The molecule has 9 heteroatoms. The van der Waals surface area contributed by atoms with E-state index in [1.807, 2.05) is 11.4 Å². The van der Waals surface area contributed by atoms with Gasteiger partial charge in [-0.3, -0.25) is 4.40 Å². The smallest absolute Gasteiger partial charge is 0.260 e. The van der Waals surface area contributed by atoms with Crippen LogP contribution in [-0.2, 0) is 16.6 Å². The lowest BCUT2D eigenvalue weighted by Crippen LogP contribution is -2.25. The highest BCUT2D eigenvalue weighted by Gasteiger charge is 2.23. The van der Waals surface area contributed by atoms with Crippen molar-refractivity contribution in [3.63, 3.8) is 0 Å². The Morgan fingerprint density at radius 1 is 1.43 bits per heavy atom. The fourth-order valence-corrected chi connectivity index (χ4v) is 4.64. The second-order valence-electron chi connectivity index (χ2n) is 4.29. The molecule has 3 rings (SSSR count). The summed E-state index contributed by atoms with van der Waals surface area (Å²) < 4.78 is 29.8. The van der Waals surface area contributed by atoms with Gasteiger partial charge >= 0.3 is 0 Å². The lowest BCUT2D eigenvalue weighted by Gasteiger charge is -2.06. The molecule has 0 unspecified atom stereocenters. The second-order valence-corrected chi connectivity index (χ2v) is 7.88. The number of anilines is 1. The number of hydrogen-bond acceptors (Lipinski definition) is 5. The van der Waals surface area contributed by atoms with Crippen LogP contribution in [0.3, 0.4) is 0 Å². The number of hydrogen-bond donors (Lipinski definition) is 2. The SMILES string of the molecule is Nc1nc2ccccn2c1S(=O)(=O)NCc1cc(Br)cs1. The molecule has 0 spiro atoms. The average molecular weight is 387 g/mol. The highest BCUT2D eigenvalue weighted by Crippen LogP contribution is 2.22. The summed E-state index contributed by atoms with van der Waals surface area (Å²) in [4.78, 5) is 4.96. The van der Waals surface area contributed by atoms with E-state index in [0.717, 1.165) is 9.35 Å². The summed E-state index contributed by atoms with van der Waals surface area (Å²) >= 11 is 4.80. The highest BCUT2D eigenvalue weighted by atomic mass is 79.9. The molecule has 0 aromatic carbocycles. The van der Waals surface area contributed by atoms with Crippen molar-refractivity contribution in [2.45, 2.75) is 11.6 Å². The molecule has 0 saturated carbocycles.